The Morgan fingerprint density at radius 2 is 1.09 bits per heavy atom. The summed E-state index contributed by atoms with van der Waals surface area (Å²) >= 11 is 2.95. The Labute approximate surface area is 345 Å². The molecule has 0 N–H and O–H groups in total. The maximum atomic E-state index is 14.5. The molecule has 10 rings (SSSR count). The van der Waals surface area contributed by atoms with Gasteiger partial charge in [-0.25, -0.2) is 0 Å². The summed E-state index contributed by atoms with van der Waals surface area (Å²) in [6, 6.07) is 26.4. The van der Waals surface area contributed by atoms with Crippen molar-refractivity contribution in [1.29, 1.82) is 0 Å². The van der Waals surface area contributed by atoms with Gasteiger partial charge in [-0.3, -0.25) is 0 Å². The Kier molecular flexibility index (Phi) is 9.98. The minimum Gasteiger partial charge on any atom is -0.0584 e. The number of imidazole rings is 2. The van der Waals surface area contributed by atoms with Crippen LogP contribution in [0.4, 0.5) is 0 Å². The molecule has 7 aromatic heterocycles. The van der Waals surface area contributed by atoms with Crippen molar-refractivity contribution in [2.24, 2.45) is 0 Å². The Morgan fingerprint density at radius 3 is 1.68 bits per heavy atom. The molecule has 0 saturated carbocycles. The van der Waals surface area contributed by atoms with Crippen molar-refractivity contribution in [2.45, 2.75) is 104 Å². The van der Waals surface area contributed by atoms with Crippen LogP contribution < -0.4 is 11.1 Å². The second-order valence-corrected chi connectivity index (χ2v) is 20.1. The summed E-state index contributed by atoms with van der Waals surface area (Å²) in [4.78, 5) is 41.1. The van der Waals surface area contributed by atoms with Gasteiger partial charge in [0.25, 0.3) is 0 Å². The van der Waals surface area contributed by atoms with Crippen LogP contribution in [0.5, 0.6) is 0 Å². The fourth-order valence-corrected chi connectivity index (χ4v) is 13.2. The molecule has 0 fully saturated rings. The second kappa shape index (κ2) is 15.4. The molecule has 0 amide bonds. The fraction of sp³-hybridized carbons (Fsp3) is 0.333. The van der Waals surface area contributed by atoms with Crippen molar-refractivity contribution in [1.82, 2.24) is 18.8 Å². The zero-order valence-corrected chi connectivity index (χ0v) is 36.0. The van der Waals surface area contributed by atoms with Gasteiger partial charge < -0.3 is 0 Å². The van der Waals surface area contributed by atoms with Crippen molar-refractivity contribution in [2.75, 3.05) is 0 Å². The van der Waals surface area contributed by atoms with E-state index in [4.69, 9.17) is 9.97 Å². The number of benzene rings is 3. The van der Waals surface area contributed by atoms with Crippen LogP contribution in [0.25, 0.3) is 82.9 Å². The van der Waals surface area contributed by atoms with Crippen LogP contribution in [0.1, 0.15) is 102 Å². The van der Waals surface area contributed by atoms with Gasteiger partial charge in [0, 0.05) is 0 Å². The molecule has 0 bridgehead atoms. The third kappa shape index (κ3) is 6.42. The van der Waals surface area contributed by atoms with Crippen molar-refractivity contribution >= 4 is 99.7 Å². The van der Waals surface area contributed by atoms with Gasteiger partial charge >= 0.3 is 253 Å². The number of unbranched alkanes of at least 4 members (excludes halogenated alkanes) is 10. The fourth-order valence-electron chi connectivity index (χ4n) is 8.85. The molecule has 10 aromatic rings. The number of pyridine rings is 2. The monoisotopic (exact) mass is 854 g/mol. The van der Waals surface area contributed by atoms with Crippen LogP contribution in [0.2, 0.25) is 0 Å². The van der Waals surface area contributed by atoms with Gasteiger partial charge in [0.15, 0.2) is 0 Å². The first-order chi connectivity index (χ1) is 28.0. The molecular weight excluding hydrogens is 808 g/mol. The van der Waals surface area contributed by atoms with Crippen molar-refractivity contribution in [3.05, 3.63) is 105 Å². The van der Waals surface area contributed by atoms with E-state index in [1.54, 1.807) is 20.1 Å². The summed E-state index contributed by atoms with van der Waals surface area (Å²) in [7, 11) is 0. The SMILES string of the molecule is CCCCCCCCc1ccc(-c2cc3c(nc4c5ccc6c7c(sc(c(=O)n34)c57)c(=O)n3c4cc(-c5ccc(CCCCCCCC)cc5)[se]c4nc63)s2)cc1. The largest absolute Gasteiger partial charge is 0.0584 e. The van der Waals surface area contributed by atoms with Gasteiger partial charge in [-0.15, -0.1) is 0 Å². The molecule has 0 aliphatic carbocycles. The summed E-state index contributed by atoms with van der Waals surface area (Å²) in [5.74, 6) is 0. The van der Waals surface area contributed by atoms with Crippen LogP contribution >= 0.6 is 22.7 Å². The topological polar surface area (TPSA) is 68.7 Å². The van der Waals surface area contributed by atoms with Crippen LogP contribution in [0, 0.1) is 0 Å². The van der Waals surface area contributed by atoms with Gasteiger partial charge in [-0.2, -0.15) is 0 Å². The second-order valence-electron chi connectivity index (χ2n) is 15.9. The maximum Gasteiger partial charge on any atom is -0.0533 e. The zero-order valence-electron chi connectivity index (χ0n) is 32.7. The van der Waals surface area contributed by atoms with E-state index >= 15 is 0 Å². The third-order valence-electron chi connectivity index (χ3n) is 12.0. The molecule has 0 aliphatic heterocycles. The molecule has 0 aliphatic rings. The first-order valence-electron chi connectivity index (χ1n) is 20.9. The Morgan fingerprint density at radius 1 is 0.561 bits per heavy atom. The average molecular weight is 854 g/mol. The number of hydrogen-bond acceptors (Lipinski definition) is 6. The van der Waals surface area contributed by atoms with Gasteiger partial charge in [0.2, 0.25) is 0 Å². The van der Waals surface area contributed by atoms with Crippen LogP contribution in [-0.4, -0.2) is 33.3 Å². The molecule has 0 spiro atoms. The van der Waals surface area contributed by atoms with E-state index in [0.29, 0.717) is 20.7 Å². The molecule has 0 atom stereocenters. The predicted octanol–water partition coefficient (Wildman–Crippen LogP) is 12.7. The van der Waals surface area contributed by atoms with E-state index in [0.717, 1.165) is 65.1 Å². The van der Waals surface area contributed by atoms with Gasteiger partial charge in [-0.1, -0.05) is 70.2 Å². The quantitative estimate of drug-likeness (QED) is 0.0551. The minimum atomic E-state index is -0.111. The summed E-state index contributed by atoms with van der Waals surface area (Å²) < 4.78 is 7.03. The summed E-state index contributed by atoms with van der Waals surface area (Å²) in [6.45, 7) is 4.52. The number of nitrogens with zero attached hydrogens (tertiary/aromatic N) is 4. The summed E-state index contributed by atoms with van der Waals surface area (Å²) in [6.07, 6.45) is 17.9. The summed E-state index contributed by atoms with van der Waals surface area (Å²) in [5, 5.41) is 3.51. The van der Waals surface area contributed by atoms with E-state index in [1.807, 2.05) is 0 Å². The average Bonchev–Trinajstić information content (AvgIpc) is 4.06. The van der Waals surface area contributed by atoms with Crippen LogP contribution in [0.3, 0.4) is 0 Å². The number of fused-ring (bicyclic) bond motifs is 8. The smallest absolute Gasteiger partial charge is 0.0533 e. The minimum absolute atomic E-state index is 0.00919. The number of thiophene rings is 2. The Balaban J connectivity index is 0.972. The van der Waals surface area contributed by atoms with E-state index < -0.39 is 0 Å². The molecular formula is C48H46N4O2S2Se. The van der Waals surface area contributed by atoms with Crippen molar-refractivity contribution in [3.8, 4) is 20.4 Å². The first-order valence-corrected chi connectivity index (χ1v) is 24.3. The molecule has 0 unspecified atom stereocenters. The standard InChI is InChI=1S/C48H46N4O2S2Se/c1-3-5-7-9-11-13-15-29-17-21-31(22-18-29)37-27-35-45(55-37)49-43-33-25-26-34-40-39(33)41(47(53)51(35)43)56-42(40)48(54)52-36-28-38(57-46(36)50-44(34)52)32-23-19-30(20-24-32)16-14-12-10-8-6-4-2/h17-28H,3-16H2,1-2H3. The first kappa shape index (κ1) is 36.9. The zero-order chi connectivity index (χ0) is 38.6. The normalized spacial score (nSPS) is 12.5. The number of hydrogen-bond donors (Lipinski definition) is 0. The number of rotatable bonds is 16. The molecule has 3 aromatic carbocycles. The summed E-state index contributed by atoms with van der Waals surface area (Å²) in [5.41, 5.74) is 7.96. The van der Waals surface area contributed by atoms with Crippen LogP contribution in [0.15, 0.2) is 82.4 Å². The maximum absolute atomic E-state index is 14.5. The third-order valence-corrected chi connectivity index (χ3v) is 16.4. The molecule has 0 saturated heterocycles. The number of aryl methyl sites for hydroxylation is 2. The van der Waals surface area contributed by atoms with Crippen molar-refractivity contribution in [3.63, 3.8) is 0 Å². The Bertz CT molecular complexity index is 2940. The predicted molar refractivity (Wildman–Crippen MR) is 244 cm³/mol. The van der Waals surface area contributed by atoms with Crippen molar-refractivity contribution < 1.29 is 0 Å². The molecule has 6 nitrogen and oxygen atoms in total. The molecule has 288 valence electrons. The molecule has 7 heterocycles. The Hall–Kier alpha value is -4.40. The molecule has 57 heavy (non-hydrogen) atoms. The molecule has 9 heteroatoms. The van der Waals surface area contributed by atoms with E-state index in [1.165, 1.54) is 110 Å². The molecule has 0 radical (unpaired) electrons. The van der Waals surface area contributed by atoms with Crippen LogP contribution in [-0.2, 0) is 12.8 Å². The van der Waals surface area contributed by atoms with E-state index in [2.05, 4.69) is 86.6 Å². The number of aromatic nitrogens is 4. The van der Waals surface area contributed by atoms with Gasteiger partial charge in [0.1, 0.15) is 0 Å². The van der Waals surface area contributed by atoms with Gasteiger partial charge in [0.05, 0.1) is 0 Å². The van der Waals surface area contributed by atoms with E-state index in [-0.39, 0.29) is 25.6 Å². The van der Waals surface area contributed by atoms with E-state index in [9.17, 15) is 9.59 Å². The van der Waals surface area contributed by atoms with Gasteiger partial charge in [-0.05, 0) is 24.0 Å².